The lowest BCUT2D eigenvalue weighted by atomic mass is 10.2. The highest BCUT2D eigenvalue weighted by molar-refractivity contribution is 9.10. The van der Waals surface area contributed by atoms with Gasteiger partial charge in [-0.2, -0.15) is 0 Å². The van der Waals surface area contributed by atoms with Gasteiger partial charge in [0.1, 0.15) is 0 Å². The van der Waals surface area contributed by atoms with Crippen molar-refractivity contribution in [2.24, 2.45) is 0 Å². The molecule has 0 saturated carbocycles. The Morgan fingerprint density at radius 3 is 2.67 bits per heavy atom. The summed E-state index contributed by atoms with van der Waals surface area (Å²) in [4.78, 5) is 21.5. The molecule has 0 N–H and O–H groups in total. The maximum atomic E-state index is 12.9. The van der Waals surface area contributed by atoms with Crippen molar-refractivity contribution in [3.8, 4) is 0 Å². The lowest BCUT2D eigenvalue weighted by Gasteiger charge is -2.19. The number of rotatable bonds is 7. The second-order valence-corrected chi connectivity index (χ2v) is 8.42. The van der Waals surface area contributed by atoms with Crippen molar-refractivity contribution >= 4 is 54.6 Å². The van der Waals surface area contributed by atoms with Crippen molar-refractivity contribution < 1.29 is 4.79 Å². The Balaban J connectivity index is 1.84. The molecule has 0 bridgehead atoms. The Morgan fingerprint density at radius 2 is 1.93 bits per heavy atom. The molecule has 0 aliphatic rings. The molecule has 27 heavy (non-hydrogen) atoms. The highest BCUT2D eigenvalue weighted by Gasteiger charge is 2.17. The average Bonchev–Trinajstić information content (AvgIpc) is 3.06. The van der Waals surface area contributed by atoms with E-state index in [1.807, 2.05) is 68.7 Å². The standard InChI is InChI=1S/C21H22BrN3OS/c1-24(2)13-6-14-25(20(26)12-9-16-7-4-3-5-8-16)21-23-18-11-10-17(22)15-19(18)27-21/h3-5,7-12,15H,6,13-14H2,1-2H3/b12-9+. The number of aromatic nitrogens is 1. The fourth-order valence-corrected chi connectivity index (χ4v) is 4.22. The molecule has 0 unspecified atom stereocenters. The van der Waals surface area contributed by atoms with E-state index in [1.165, 1.54) is 0 Å². The van der Waals surface area contributed by atoms with Gasteiger partial charge in [0.05, 0.1) is 10.2 Å². The van der Waals surface area contributed by atoms with E-state index in [1.54, 1.807) is 22.3 Å². The van der Waals surface area contributed by atoms with Crippen molar-refractivity contribution in [3.05, 3.63) is 64.6 Å². The Morgan fingerprint density at radius 1 is 1.15 bits per heavy atom. The Kier molecular flexibility index (Phi) is 6.77. The lowest BCUT2D eigenvalue weighted by Crippen LogP contribution is -2.32. The molecule has 1 amide bonds. The zero-order chi connectivity index (χ0) is 19.2. The van der Waals surface area contributed by atoms with Crippen LogP contribution in [0.1, 0.15) is 12.0 Å². The van der Waals surface area contributed by atoms with Crippen molar-refractivity contribution in [2.75, 3.05) is 32.1 Å². The Bertz CT molecular complexity index is 937. The van der Waals surface area contributed by atoms with Crippen molar-refractivity contribution in [2.45, 2.75) is 6.42 Å². The molecule has 4 nitrogen and oxygen atoms in total. The van der Waals surface area contributed by atoms with Crippen LogP contribution < -0.4 is 4.90 Å². The normalized spacial score (nSPS) is 11.6. The van der Waals surface area contributed by atoms with Crippen molar-refractivity contribution in [3.63, 3.8) is 0 Å². The van der Waals surface area contributed by atoms with E-state index < -0.39 is 0 Å². The van der Waals surface area contributed by atoms with Gasteiger partial charge in [-0.15, -0.1) is 0 Å². The van der Waals surface area contributed by atoms with Gasteiger partial charge in [0.15, 0.2) is 5.13 Å². The number of fused-ring (bicyclic) bond motifs is 1. The first-order chi connectivity index (χ1) is 13.0. The SMILES string of the molecule is CN(C)CCCN(C(=O)/C=C/c1ccccc1)c1nc2ccc(Br)cc2s1. The largest absolute Gasteiger partial charge is 0.309 e. The van der Waals surface area contributed by atoms with Crippen LogP contribution in [-0.4, -0.2) is 43.0 Å². The van der Waals surface area contributed by atoms with Gasteiger partial charge in [0.2, 0.25) is 0 Å². The number of benzene rings is 2. The van der Waals surface area contributed by atoms with E-state index in [-0.39, 0.29) is 5.91 Å². The third-order valence-corrected chi connectivity index (χ3v) is 5.58. The van der Waals surface area contributed by atoms with Crippen LogP contribution in [-0.2, 0) is 4.79 Å². The number of anilines is 1. The quantitative estimate of drug-likeness (QED) is 0.478. The van der Waals surface area contributed by atoms with Gasteiger partial charge < -0.3 is 4.90 Å². The van der Waals surface area contributed by atoms with E-state index in [2.05, 4.69) is 25.8 Å². The van der Waals surface area contributed by atoms with Crippen LogP contribution in [0.25, 0.3) is 16.3 Å². The minimum Gasteiger partial charge on any atom is -0.309 e. The van der Waals surface area contributed by atoms with Gasteiger partial charge >= 0.3 is 0 Å². The summed E-state index contributed by atoms with van der Waals surface area (Å²) >= 11 is 5.04. The molecule has 0 atom stereocenters. The molecule has 140 valence electrons. The summed E-state index contributed by atoms with van der Waals surface area (Å²) in [6.07, 6.45) is 4.37. The molecule has 3 aromatic rings. The van der Waals surface area contributed by atoms with Gasteiger partial charge in [-0.05, 0) is 56.9 Å². The number of halogens is 1. The van der Waals surface area contributed by atoms with Crippen LogP contribution in [0.4, 0.5) is 5.13 Å². The van der Waals surface area contributed by atoms with Crippen molar-refractivity contribution in [1.82, 2.24) is 9.88 Å². The number of thiazole rings is 1. The minimum absolute atomic E-state index is 0.0456. The summed E-state index contributed by atoms with van der Waals surface area (Å²) in [6, 6.07) is 15.8. The molecule has 1 heterocycles. The van der Waals surface area contributed by atoms with Crippen LogP contribution in [0, 0.1) is 0 Å². The number of carbonyl (C=O) groups is 1. The molecule has 2 aromatic carbocycles. The summed E-state index contributed by atoms with van der Waals surface area (Å²) in [7, 11) is 4.08. The Hall–Kier alpha value is -2.02. The number of carbonyl (C=O) groups excluding carboxylic acids is 1. The molecule has 1 aromatic heterocycles. The van der Waals surface area contributed by atoms with Gasteiger partial charge in [-0.1, -0.05) is 57.6 Å². The smallest absolute Gasteiger partial charge is 0.252 e. The van der Waals surface area contributed by atoms with Gasteiger partial charge in [0.25, 0.3) is 5.91 Å². The first kappa shape index (κ1) is 19.7. The van der Waals surface area contributed by atoms with Crippen LogP contribution in [0.3, 0.4) is 0 Å². The van der Waals surface area contributed by atoms with Gasteiger partial charge in [-0.25, -0.2) is 4.98 Å². The summed E-state index contributed by atoms with van der Waals surface area (Å²) in [6.45, 7) is 1.56. The molecule has 3 rings (SSSR count). The van der Waals surface area contributed by atoms with Gasteiger partial charge in [0, 0.05) is 17.1 Å². The maximum absolute atomic E-state index is 12.9. The van der Waals surface area contributed by atoms with E-state index in [0.29, 0.717) is 6.54 Å². The minimum atomic E-state index is -0.0456. The molecule has 6 heteroatoms. The summed E-state index contributed by atoms with van der Waals surface area (Å²) < 4.78 is 2.08. The molecule has 0 radical (unpaired) electrons. The first-order valence-electron chi connectivity index (χ1n) is 8.78. The molecule has 0 aliphatic carbocycles. The highest BCUT2D eigenvalue weighted by Crippen LogP contribution is 2.31. The number of nitrogens with zero attached hydrogens (tertiary/aromatic N) is 3. The summed E-state index contributed by atoms with van der Waals surface area (Å²) in [5.41, 5.74) is 1.92. The number of hydrogen-bond acceptors (Lipinski definition) is 4. The molecule has 0 fully saturated rings. The maximum Gasteiger partial charge on any atom is 0.252 e. The fourth-order valence-electron chi connectivity index (χ4n) is 2.67. The summed E-state index contributed by atoms with van der Waals surface area (Å²) in [5.74, 6) is -0.0456. The first-order valence-corrected chi connectivity index (χ1v) is 10.4. The number of hydrogen-bond donors (Lipinski definition) is 0. The zero-order valence-electron chi connectivity index (χ0n) is 15.4. The number of amides is 1. The predicted molar refractivity (Wildman–Crippen MR) is 118 cm³/mol. The molecule has 0 aliphatic heterocycles. The van der Waals surface area contributed by atoms with E-state index in [4.69, 9.17) is 0 Å². The van der Waals surface area contributed by atoms with Gasteiger partial charge in [-0.3, -0.25) is 9.69 Å². The zero-order valence-corrected chi connectivity index (χ0v) is 17.8. The van der Waals surface area contributed by atoms with Crippen LogP contribution in [0.5, 0.6) is 0 Å². The van der Waals surface area contributed by atoms with Crippen LogP contribution >= 0.6 is 27.3 Å². The second-order valence-electron chi connectivity index (χ2n) is 6.50. The molecule has 0 spiro atoms. The monoisotopic (exact) mass is 443 g/mol. The van der Waals surface area contributed by atoms with E-state index >= 15 is 0 Å². The lowest BCUT2D eigenvalue weighted by molar-refractivity contribution is -0.114. The topological polar surface area (TPSA) is 36.4 Å². The van der Waals surface area contributed by atoms with Crippen LogP contribution in [0.15, 0.2) is 59.1 Å². The van der Waals surface area contributed by atoms with E-state index in [9.17, 15) is 4.79 Å². The average molecular weight is 444 g/mol. The molecular weight excluding hydrogens is 422 g/mol. The Labute approximate surface area is 172 Å². The van der Waals surface area contributed by atoms with E-state index in [0.717, 1.165) is 38.3 Å². The summed E-state index contributed by atoms with van der Waals surface area (Å²) in [5, 5.41) is 0.740. The highest BCUT2D eigenvalue weighted by atomic mass is 79.9. The van der Waals surface area contributed by atoms with Crippen molar-refractivity contribution in [1.29, 1.82) is 0 Å². The molecular formula is C21H22BrN3OS. The molecule has 0 saturated heterocycles. The second kappa shape index (κ2) is 9.26. The van der Waals surface area contributed by atoms with Crippen LogP contribution in [0.2, 0.25) is 0 Å². The fraction of sp³-hybridized carbons (Fsp3) is 0.238. The predicted octanol–water partition coefficient (Wildman–Crippen LogP) is 5.06. The third kappa shape index (κ3) is 5.48. The third-order valence-electron chi connectivity index (χ3n) is 4.04.